The molecule has 2 aromatic heterocycles. The molecule has 8 heteroatoms. The SMILES string of the molecule is COC(CNCc1cccnc1)CN1[C@@H]2CC[C@H]1CC(NC(=O)c1cc3ccccc3n(C(C)C)c1=O)C2. The number of ether oxygens (including phenoxy) is 1. The number of piperidine rings is 1. The van der Waals surface area contributed by atoms with Crippen molar-refractivity contribution < 1.29 is 9.53 Å². The van der Waals surface area contributed by atoms with Gasteiger partial charge in [-0.05, 0) is 68.7 Å². The highest BCUT2D eigenvalue weighted by molar-refractivity contribution is 5.97. The molecule has 2 aliphatic heterocycles. The number of para-hydroxylation sites is 1. The Bertz CT molecular complexity index is 1290. The second-order valence-electron chi connectivity index (χ2n) is 11.0. The lowest BCUT2D eigenvalue weighted by Gasteiger charge is -2.40. The van der Waals surface area contributed by atoms with E-state index in [1.165, 1.54) is 0 Å². The molecule has 202 valence electrons. The molecule has 3 aromatic rings. The molecule has 8 nitrogen and oxygen atoms in total. The number of methoxy groups -OCH3 is 1. The van der Waals surface area contributed by atoms with Gasteiger partial charge in [0.2, 0.25) is 0 Å². The molecule has 2 bridgehead atoms. The number of benzene rings is 1. The van der Waals surface area contributed by atoms with Crippen molar-refractivity contribution in [3.8, 4) is 0 Å². The zero-order chi connectivity index (χ0) is 26.6. The molecular formula is C30H39N5O3. The highest BCUT2D eigenvalue weighted by Crippen LogP contribution is 2.36. The molecule has 2 unspecified atom stereocenters. The Morgan fingerprint density at radius 2 is 1.89 bits per heavy atom. The summed E-state index contributed by atoms with van der Waals surface area (Å²) in [5.41, 5.74) is 2.02. The number of aromatic nitrogens is 2. The van der Waals surface area contributed by atoms with Gasteiger partial charge in [0.15, 0.2) is 0 Å². The maximum atomic E-state index is 13.4. The Morgan fingerprint density at radius 1 is 1.13 bits per heavy atom. The zero-order valence-electron chi connectivity index (χ0n) is 22.6. The number of rotatable bonds is 10. The molecule has 1 aromatic carbocycles. The summed E-state index contributed by atoms with van der Waals surface area (Å²) in [6, 6.07) is 14.4. The summed E-state index contributed by atoms with van der Waals surface area (Å²) in [5, 5.41) is 7.62. The molecule has 38 heavy (non-hydrogen) atoms. The summed E-state index contributed by atoms with van der Waals surface area (Å²) in [6.45, 7) is 6.36. The van der Waals surface area contributed by atoms with E-state index < -0.39 is 0 Å². The number of hydrogen-bond acceptors (Lipinski definition) is 6. The molecule has 2 N–H and O–H groups in total. The fraction of sp³-hybridized carbons (Fsp3) is 0.500. The fourth-order valence-corrected chi connectivity index (χ4v) is 6.25. The molecule has 4 atom stereocenters. The number of nitrogens with zero attached hydrogens (tertiary/aromatic N) is 3. The third-order valence-electron chi connectivity index (χ3n) is 8.10. The Morgan fingerprint density at radius 3 is 2.58 bits per heavy atom. The summed E-state index contributed by atoms with van der Waals surface area (Å²) in [6.07, 6.45) is 7.81. The summed E-state index contributed by atoms with van der Waals surface area (Å²) in [5.74, 6) is -0.262. The van der Waals surface area contributed by atoms with Gasteiger partial charge in [-0.15, -0.1) is 0 Å². The van der Waals surface area contributed by atoms with Crippen LogP contribution in [0.2, 0.25) is 0 Å². The van der Waals surface area contributed by atoms with Crippen molar-refractivity contribution in [3.63, 3.8) is 0 Å². The van der Waals surface area contributed by atoms with Crippen LogP contribution in [0, 0.1) is 0 Å². The second-order valence-corrected chi connectivity index (χ2v) is 11.0. The molecular weight excluding hydrogens is 478 g/mol. The van der Waals surface area contributed by atoms with Crippen LogP contribution in [0.1, 0.15) is 61.5 Å². The first-order chi connectivity index (χ1) is 18.4. The molecule has 2 fully saturated rings. The predicted octanol–water partition coefficient (Wildman–Crippen LogP) is 3.51. The van der Waals surface area contributed by atoms with Gasteiger partial charge in [-0.1, -0.05) is 24.3 Å². The maximum Gasteiger partial charge on any atom is 0.264 e. The minimum absolute atomic E-state index is 0.0354. The van der Waals surface area contributed by atoms with E-state index in [9.17, 15) is 9.59 Å². The minimum atomic E-state index is -0.262. The Balaban J connectivity index is 1.21. The molecule has 5 rings (SSSR count). The fourth-order valence-electron chi connectivity index (χ4n) is 6.25. The largest absolute Gasteiger partial charge is 0.379 e. The average molecular weight is 518 g/mol. The van der Waals surface area contributed by atoms with Crippen LogP contribution in [0.5, 0.6) is 0 Å². The van der Waals surface area contributed by atoms with E-state index in [1.54, 1.807) is 23.9 Å². The lowest BCUT2D eigenvalue weighted by molar-refractivity contribution is 0.0261. The molecule has 0 radical (unpaired) electrons. The Labute approximate surface area is 224 Å². The van der Waals surface area contributed by atoms with Crippen LogP contribution in [0.15, 0.2) is 59.7 Å². The summed E-state index contributed by atoms with van der Waals surface area (Å²) in [7, 11) is 1.78. The van der Waals surface area contributed by atoms with E-state index in [4.69, 9.17) is 4.74 Å². The predicted molar refractivity (Wildman–Crippen MR) is 149 cm³/mol. The van der Waals surface area contributed by atoms with E-state index in [0.29, 0.717) is 12.1 Å². The highest BCUT2D eigenvalue weighted by Gasteiger charge is 2.42. The van der Waals surface area contributed by atoms with Gasteiger partial charge in [0.1, 0.15) is 5.56 Å². The third kappa shape index (κ3) is 5.67. The van der Waals surface area contributed by atoms with Crippen LogP contribution in [0.3, 0.4) is 0 Å². The van der Waals surface area contributed by atoms with Crippen molar-refractivity contribution in [3.05, 3.63) is 76.3 Å². The van der Waals surface area contributed by atoms with Gasteiger partial charge in [0.05, 0.1) is 11.6 Å². The quantitative estimate of drug-likeness (QED) is 0.428. The van der Waals surface area contributed by atoms with Crippen LogP contribution in [0.4, 0.5) is 0 Å². The third-order valence-corrected chi connectivity index (χ3v) is 8.10. The molecule has 4 heterocycles. The van der Waals surface area contributed by atoms with E-state index in [2.05, 4.69) is 26.6 Å². The number of carbonyl (C=O) groups is 1. The lowest BCUT2D eigenvalue weighted by atomic mass is 9.96. The van der Waals surface area contributed by atoms with Gasteiger partial charge in [-0.3, -0.25) is 19.5 Å². The monoisotopic (exact) mass is 517 g/mol. The highest BCUT2D eigenvalue weighted by atomic mass is 16.5. The van der Waals surface area contributed by atoms with Crippen molar-refractivity contribution in [1.29, 1.82) is 0 Å². The van der Waals surface area contributed by atoms with Gasteiger partial charge < -0.3 is 19.9 Å². The smallest absolute Gasteiger partial charge is 0.264 e. The van der Waals surface area contributed by atoms with Crippen LogP contribution < -0.4 is 16.2 Å². The van der Waals surface area contributed by atoms with Crippen molar-refractivity contribution >= 4 is 16.8 Å². The molecule has 2 aliphatic rings. The first-order valence-corrected chi connectivity index (χ1v) is 13.8. The Hall–Kier alpha value is -3.07. The number of carbonyl (C=O) groups excluding carboxylic acids is 1. The first kappa shape index (κ1) is 26.5. The number of amides is 1. The summed E-state index contributed by atoms with van der Waals surface area (Å²) >= 11 is 0. The van der Waals surface area contributed by atoms with Crippen molar-refractivity contribution in [2.45, 2.75) is 76.3 Å². The second kappa shape index (κ2) is 11.8. The molecule has 0 saturated carbocycles. The van der Waals surface area contributed by atoms with Gasteiger partial charge in [0, 0.05) is 63.3 Å². The molecule has 0 spiro atoms. The standard InChI is InChI=1S/C30H39N5O3/c1-20(2)35-28-9-5-4-8-22(28)13-27(30(35)37)29(36)33-23-14-24-10-11-25(15-23)34(24)19-26(38-3)18-32-17-21-7-6-12-31-16-21/h4-9,12-13,16,20,23-26,32H,10-11,14-15,17-19H2,1-3H3,(H,33,36)/t23?,24-,25+,26?. The van der Waals surface area contributed by atoms with Gasteiger partial charge in [-0.25, -0.2) is 0 Å². The maximum absolute atomic E-state index is 13.4. The van der Waals surface area contributed by atoms with Crippen molar-refractivity contribution in [1.82, 2.24) is 25.1 Å². The molecule has 1 amide bonds. The summed E-state index contributed by atoms with van der Waals surface area (Å²) < 4.78 is 7.54. The average Bonchev–Trinajstić information content (AvgIpc) is 3.14. The van der Waals surface area contributed by atoms with E-state index >= 15 is 0 Å². The number of hydrogen-bond donors (Lipinski definition) is 2. The number of nitrogens with one attached hydrogen (secondary N) is 2. The first-order valence-electron chi connectivity index (χ1n) is 13.8. The number of fused-ring (bicyclic) bond motifs is 3. The van der Waals surface area contributed by atoms with Gasteiger partial charge in [0.25, 0.3) is 11.5 Å². The lowest BCUT2D eigenvalue weighted by Crippen LogP contribution is -2.53. The van der Waals surface area contributed by atoms with Crippen LogP contribution in [-0.4, -0.2) is 64.8 Å². The van der Waals surface area contributed by atoms with E-state index in [0.717, 1.165) is 61.8 Å². The van der Waals surface area contributed by atoms with Crippen molar-refractivity contribution in [2.75, 3.05) is 20.2 Å². The van der Waals surface area contributed by atoms with Crippen LogP contribution in [-0.2, 0) is 11.3 Å². The summed E-state index contributed by atoms with van der Waals surface area (Å²) in [4.78, 5) is 33.4. The normalized spacial score (nSPS) is 22.2. The van der Waals surface area contributed by atoms with E-state index in [1.807, 2.05) is 50.4 Å². The van der Waals surface area contributed by atoms with Crippen molar-refractivity contribution in [2.24, 2.45) is 0 Å². The Kier molecular flexibility index (Phi) is 8.21. The van der Waals surface area contributed by atoms with Crippen LogP contribution >= 0.6 is 0 Å². The number of pyridine rings is 2. The van der Waals surface area contributed by atoms with Gasteiger partial charge >= 0.3 is 0 Å². The topological polar surface area (TPSA) is 88.5 Å². The minimum Gasteiger partial charge on any atom is -0.379 e. The van der Waals surface area contributed by atoms with Gasteiger partial charge in [-0.2, -0.15) is 0 Å². The molecule has 0 aliphatic carbocycles. The van der Waals surface area contributed by atoms with E-state index in [-0.39, 0.29) is 35.2 Å². The molecule has 2 saturated heterocycles. The van der Waals surface area contributed by atoms with Crippen LogP contribution in [0.25, 0.3) is 10.9 Å². The zero-order valence-corrected chi connectivity index (χ0v) is 22.6.